The monoisotopic (exact) mass is 411 g/mol. The summed E-state index contributed by atoms with van der Waals surface area (Å²) in [6, 6.07) is 0.387. The second-order valence-electron chi connectivity index (χ2n) is 5.03. The van der Waals surface area contributed by atoms with Crippen LogP contribution in [0.5, 0.6) is 0 Å². The van der Waals surface area contributed by atoms with E-state index in [4.69, 9.17) is 17.3 Å². The van der Waals surface area contributed by atoms with Crippen molar-refractivity contribution in [1.82, 2.24) is 0 Å². The maximum Gasteiger partial charge on any atom is 0.416 e. The van der Waals surface area contributed by atoms with Gasteiger partial charge in [0, 0.05) is 12.1 Å². The van der Waals surface area contributed by atoms with E-state index in [2.05, 4.69) is 17.6 Å². The van der Waals surface area contributed by atoms with Gasteiger partial charge in [0.1, 0.15) is 17.2 Å². The van der Waals surface area contributed by atoms with Gasteiger partial charge in [0.05, 0.1) is 20.3 Å². The standard InChI is InChI=1S/C12H9ClF3N5O4S/c1-4-18-11(17)9(26)10(13)19(4)8-6(20(22)23)2-5(12(14,15)16)3-7(8)21(24)25/h2-4,26H,1H3,(H2,17,18). The second-order valence-corrected chi connectivity index (χ2v) is 5.84. The molecule has 0 bridgehead atoms. The molecule has 1 aliphatic rings. The summed E-state index contributed by atoms with van der Waals surface area (Å²) in [6.07, 6.45) is -6.09. The molecule has 1 aliphatic heterocycles. The molecule has 1 unspecified atom stereocenters. The van der Waals surface area contributed by atoms with Gasteiger partial charge >= 0.3 is 17.6 Å². The fourth-order valence-corrected chi connectivity index (χ4v) is 2.77. The fourth-order valence-electron chi connectivity index (χ4n) is 2.28. The SMILES string of the molecule is CC1N=C(N)C(S)=C(Cl)N1c1c([N+](=O)[O-])cc(C(F)(F)F)cc1[N+](=O)[O-]. The molecule has 2 rings (SSSR count). The Bertz CT molecular complexity index is 838. The Morgan fingerprint density at radius 2 is 1.73 bits per heavy atom. The van der Waals surface area contributed by atoms with E-state index in [1.165, 1.54) is 6.92 Å². The number of aliphatic imine (C=N–C) groups is 1. The molecule has 0 fully saturated rings. The molecule has 0 saturated heterocycles. The van der Waals surface area contributed by atoms with Gasteiger partial charge in [-0.05, 0) is 6.92 Å². The van der Waals surface area contributed by atoms with Gasteiger partial charge < -0.3 is 5.73 Å². The zero-order valence-corrected chi connectivity index (χ0v) is 14.3. The summed E-state index contributed by atoms with van der Waals surface area (Å²) in [5, 5.41) is 22.3. The van der Waals surface area contributed by atoms with Gasteiger partial charge in [-0.15, -0.1) is 12.6 Å². The van der Waals surface area contributed by atoms with Crippen LogP contribution in [0.15, 0.2) is 27.2 Å². The number of anilines is 1. The molecule has 0 amide bonds. The Morgan fingerprint density at radius 1 is 1.27 bits per heavy atom. The molecule has 140 valence electrons. The van der Waals surface area contributed by atoms with Crippen LogP contribution in [0.25, 0.3) is 0 Å². The van der Waals surface area contributed by atoms with Crippen LogP contribution in [-0.4, -0.2) is 21.8 Å². The van der Waals surface area contributed by atoms with Crippen molar-refractivity contribution >= 4 is 47.1 Å². The average Bonchev–Trinajstić information content (AvgIpc) is 2.51. The maximum absolute atomic E-state index is 13.0. The van der Waals surface area contributed by atoms with Gasteiger partial charge in [0.2, 0.25) is 5.69 Å². The Balaban J connectivity index is 2.88. The van der Waals surface area contributed by atoms with E-state index in [1.54, 1.807) is 0 Å². The number of halogens is 4. The van der Waals surface area contributed by atoms with Crippen LogP contribution in [0.2, 0.25) is 0 Å². The number of hydrogen-bond acceptors (Lipinski definition) is 8. The quantitative estimate of drug-likeness (QED) is 0.339. The van der Waals surface area contributed by atoms with Crippen LogP contribution in [0.3, 0.4) is 0 Å². The Morgan fingerprint density at radius 3 is 2.12 bits per heavy atom. The van der Waals surface area contributed by atoms with E-state index in [-0.39, 0.29) is 28.0 Å². The second kappa shape index (κ2) is 6.64. The van der Waals surface area contributed by atoms with Crippen LogP contribution in [0.4, 0.5) is 30.2 Å². The minimum atomic E-state index is -5.03. The lowest BCUT2D eigenvalue weighted by Gasteiger charge is -2.31. The summed E-state index contributed by atoms with van der Waals surface area (Å²) in [7, 11) is 0. The first-order chi connectivity index (χ1) is 11.9. The summed E-state index contributed by atoms with van der Waals surface area (Å²) >= 11 is 10.0. The minimum Gasteiger partial charge on any atom is -0.383 e. The van der Waals surface area contributed by atoms with Crippen molar-refractivity contribution in [2.45, 2.75) is 19.3 Å². The first-order valence-corrected chi connectivity index (χ1v) is 7.44. The summed E-state index contributed by atoms with van der Waals surface area (Å²) in [5.74, 6) is -0.126. The zero-order chi connectivity index (χ0) is 20.0. The molecular formula is C12H9ClF3N5O4S. The van der Waals surface area contributed by atoms with Crippen LogP contribution in [-0.2, 0) is 6.18 Å². The van der Waals surface area contributed by atoms with E-state index < -0.39 is 44.8 Å². The van der Waals surface area contributed by atoms with Crippen molar-refractivity contribution in [2.75, 3.05) is 4.90 Å². The molecule has 1 aromatic carbocycles. The highest BCUT2D eigenvalue weighted by Gasteiger charge is 2.42. The highest BCUT2D eigenvalue weighted by atomic mass is 35.5. The molecule has 0 aliphatic carbocycles. The molecule has 1 atom stereocenters. The molecule has 0 aromatic heterocycles. The number of benzene rings is 1. The van der Waals surface area contributed by atoms with E-state index in [9.17, 15) is 33.4 Å². The van der Waals surface area contributed by atoms with Crippen LogP contribution >= 0.6 is 24.2 Å². The van der Waals surface area contributed by atoms with E-state index in [0.717, 1.165) is 4.90 Å². The molecule has 9 nitrogen and oxygen atoms in total. The smallest absolute Gasteiger partial charge is 0.383 e. The molecule has 0 saturated carbocycles. The Kier molecular flexibility index (Phi) is 5.05. The third-order valence-electron chi connectivity index (χ3n) is 3.38. The van der Waals surface area contributed by atoms with Crippen LogP contribution in [0, 0.1) is 20.2 Å². The normalized spacial score (nSPS) is 18.0. The number of amidine groups is 1. The van der Waals surface area contributed by atoms with Gasteiger partial charge in [0.15, 0.2) is 0 Å². The van der Waals surface area contributed by atoms with Gasteiger partial charge in [-0.3, -0.25) is 25.1 Å². The number of nitro groups is 2. The van der Waals surface area contributed by atoms with Gasteiger partial charge in [-0.2, -0.15) is 13.2 Å². The molecule has 26 heavy (non-hydrogen) atoms. The molecule has 1 heterocycles. The van der Waals surface area contributed by atoms with Gasteiger partial charge in [-0.25, -0.2) is 4.99 Å². The number of hydrogen-bond donors (Lipinski definition) is 2. The summed E-state index contributed by atoms with van der Waals surface area (Å²) < 4.78 is 38.9. The molecular weight excluding hydrogens is 403 g/mol. The molecule has 0 spiro atoms. The van der Waals surface area contributed by atoms with E-state index in [0.29, 0.717) is 0 Å². The molecule has 0 radical (unpaired) electrons. The van der Waals surface area contributed by atoms with E-state index in [1.807, 2.05) is 0 Å². The minimum absolute atomic E-state index is 0.126. The average molecular weight is 412 g/mol. The number of nitrogens with two attached hydrogens (primary N) is 1. The lowest BCUT2D eigenvalue weighted by atomic mass is 10.1. The lowest BCUT2D eigenvalue weighted by molar-refractivity contribution is -0.393. The first-order valence-electron chi connectivity index (χ1n) is 6.61. The van der Waals surface area contributed by atoms with Crippen LogP contribution < -0.4 is 10.6 Å². The Hall–Kier alpha value is -2.54. The summed E-state index contributed by atoms with van der Waals surface area (Å²) in [6.45, 7) is 1.35. The maximum atomic E-state index is 13.0. The van der Waals surface area contributed by atoms with Crippen molar-refractivity contribution in [1.29, 1.82) is 0 Å². The highest BCUT2D eigenvalue weighted by molar-refractivity contribution is 7.85. The third kappa shape index (κ3) is 3.39. The molecule has 2 N–H and O–H groups in total. The number of alkyl halides is 3. The summed E-state index contributed by atoms with van der Waals surface area (Å²) in [4.78, 5) is 24.9. The largest absolute Gasteiger partial charge is 0.416 e. The molecule has 1 aromatic rings. The highest BCUT2D eigenvalue weighted by Crippen LogP contribution is 2.46. The van der Waals surface area contributed by atoms with Crippen molar-refractivity contribution in [3.05, 3.63) is 48.0 Å². The van der Waals surface area contributed by atoms with Gasteiger partial charge in [0.25, 0.3) is 0 Å². The van der Waals surface area contributed by atoms with Gasteiger partial charge in [-0.1, -0.05) is 11.6 Å². The number of thiol groups is 1. The molecule has 14 heteroatoms. The topological polar surface area (TPSA) is 128 Å². The fraction of sp³-hybridized carbons (Fsp3) is 0.250. The number of nitrogens with zero attached hydrogens (tertiary/aromatic N) is 4. The number of rotatable bonds is 3. The lowest BCUT2D eigenvalue weighted by Crippen LogP contribution is -2.37. The van der Waals surface area contributed by atoms with Crippen molar-refractivity contribution < 1.29 is 23.0 Å². The zero-order valence-electron chi connectivity index (χ0n) is 12.7. The third-order valence-corrected chi connectivity index (χ3v) is 4.32. The van der Waals surface area contributed by atoms with E-state index >= 15 is 0 Å². The predicted octanol–water partition coefficient (Wildman–Crippen LogP) is 3.38. The Labute approximate surface area is 153 Å². The summed E-state index contributed by atoms with van der Waals surface area (Å²) in [5.41, 5.74) is 0.947. The predicted molar refractivity (Wildman–Crippen MR) is 90.2 cm³/mol. The van der Waals surface area contributed by atoms with Crippen molar-refractivity contribution in [3.8, 4) is 0 Å². The van der Waals surface area contributed by atoms with Crippen molar-refractivity contribution in [2.24, 2.45) is 10.7 Å². The van der Waals surface area contributed by atoms with Crippen LogP contribution in [0.1, 0.15) is 12.5 Å². The first kappa shape index (κ1) is 19.8. The van der Waals surface area contributed by atoms with Crippen molar-refractivity contribution in [3.63, 3.8) is 0 Å². The number of nitro benzene ring substituents is 2.